The molecule has 0 radical (unpaired) electrons. The van der Waals surface area contributed by atoms with Crippen molar-refractivity contribution in [1.29, 1.82) is 0 Å². The Bertz CT molecular complexity index is 4920. The Balaban J connectivity index is 0.802. The van der Waals surface area contributed by atoms with E-state index >= 15 is 0 Å². The normalized spacial score (nSPS) is 12.6. The molecule has 15 aromatic rings. The average molecular weight is 1050 g/mol. The molecule has 0 unspecified atom stereocenters. The summed E-state index contributed by atoms with van der Waals surface area (Å²) < 4.78 is 6.57. The molecule has 0 amide bonds. The topological polar surface area (TPSA) is 19.6 Å². The summed E-state index contributed by atoms with van der Waals surface area (Å²) in [6.45, 7) is 4.77. The molecule has 0 N–H and O–H groups in total. The lowest BCUT2D eigenvalue weighted by molar-refractivity contribution is 0.660. The van der Waals surface area contributed by atoms with Crippen molar-refractivity contribution < 1.29 is 4.42 Å². The van der Waals surface area contributed by atoms with Crippen molar-refractivity contribution in [1.82, 2.24) is 0 Å². The second-order valence-corrected chi connectivity index (χ2v) is 22.4. The predicted octanol–water partition coefficient (Wildman–Crippen LogP) is 22.4. The molecule has 0 atom stereocenters. The van der Waals surface area contributed by atoms with E-state index in [1.165, 1.54) is 82.0 Å². The summed E-state index contributed by atoms with van der Waals surface area (Å²) >= 11 is 0. The molecule has 386 valence electrons. The second-order valence-electron chi connectivity index (χ2n) is 22.4. The van der Waals surface area contributed by atoms with E-state index in [4.69, 9.17) is 4.42 Å². The summed E-state index contributed by atoms with van der Waals surface area (Å²) in [6, 6.07) is 107. The van der Waals surface area contributed by atoms with Gasteiger partial charge in [0.15, 0.2) is 0 Å². The van der Waals surface area contributed by atoms with E-state index in [0.717, 1.165) is 72.8 Å². The predicted molar refractivity (Wildman–Crippen MR) is 347 cm³/mol. The maximum Gasteiger partial charge on any atom is 0.143 e. The van der Waals surface area contributed by atoms with Gasteiger partial charge in [0.1, 0.15) is 11.2 Å². The van der Waals surface area contributed by atoms with Gasteiger partial charge in [-0.2, -0.15) is 0 Å². The molecule has 0 aliphatic heterocycles. The molecule has 1 aromatic heterocycles. The van der Waals surface area contributed by atoms with Gasteiger partial charge in [0, 0.05) is 55.9 Å². The van der Waals surface area contributed by atoms with Gasteiger partial charge in [0.05, 0.1) is 0 Å². The molecule has 1 heterocycles. The number of fused-ring (bicyclic) bond motifs is 13. The van der Waals surface area contributed by atoms with Gasteiger partial charge < -0.3 is 14.2 Å². The van der Waals surface area contributed by atoms with E-state index in [-0.39, 0.29) is 5.41 Å². The molecule has 82 heavy (non-hydrogen) atoms. The molecule has 3 heteroatoms. The molecule has 0 fully saturated rings. The molecule has 1 aliphatic carbocycles. The fourth-order valence-corrected chi connectivity index (χ4v) is 13.5. The highest BCUT2D eigenvalue weighted by Gasteiger charge is 2.37. The number of benzene rings is 14. The van der Waals surface area contributed by atoms with Crippen LogP contribution < -0.4 is 9.80 Å². The number of rotatable bonds is 9. The Morgan fingerprint density at radius 3 is 1.22 bits per heavy atom. The molecule has 0 saturated carbocycles. The van der Waals surface area contributed by atoms with Crippen LogP contribution in [0.1, 0.15) is 25.0 Å². The lowest BCUT2D eigenvalue weighted by atomic mass is 9.82. The summed E-state index contributed by atoms with van der Waals surface area (Å²) in [5, 5.41) is 12.3. The zero-order chi connectivity index (χ0) is 54.5. The largest absolute Gasteiger partial charge is 0.455 e. The quantitative estimate of drug-likeness (QED) is 0.134. The third-order valence-corrected chi connectivity index (χ3v) is 17.4. The van der Waals surface area contributed by atoms with Crippen molar-refractivity contribution in [3.63, 3.8) is 0 Å². The first-order chi connectivity index (χ1) is 40.4. The smallest absolute Gasteiger partial charge is 0.143 e. The molecule has 0 spiro atoms. The molecule has 0 saturated heterocycles. The third kappa shape index (κ3) is 7.58. The van der Waals surface area contributed by atoms with Gasteiger partial charge in [-0.25, -0.2) is 0 Å². The van der Waals surface area contributed by atoms with E-state index in [1.54, 1.807) is 0 Å². The zero-order valence-electron chi connectivity index (χ0n) is 45.5. The highest BCUT2D eigenvalue weighted by molar-refractivity contribution is 6.26. The van der Waals surface area contributed by atoms with Crippen molar-refractivity contribution in [2.45, 2.75) is 19.3 Å². The SMILES string of the molecule is CC1(C)c2cc(N(c3ccccc3)c3ccccc3)ccc2-c2ccc(N(c3ccc(-c4ccc5c6ccccc6c6ccccc6c5c4)cc3)c3ccc(-c4ccc(-c5cccc6c5oc5ccccc56)c5ccccc45)cc3)cc21. The Labute approximate surface area is 476 Å². The van der Waals surface area contributed by atoms with E-state index < -0.39 is 0 Å². The van der Waals surface area contributed by atoms with Crippen LogP contribution in [0.3, 0.4) is 0 Å². The molecular weight excluding hydrogens is 993 g/mol. The Hall–Kier alpha value is -10.5. The maximum absolute atomic E-state index is 6.57. The summed E-state index contributed by atoms with van der Waals surface area (Å²) in [4.78, 5) is 4.79. The Morgan fingerprint density at radius 2 is 0.646 bits per heavy atom. The Morgan fingerprint density at radius 1 is 0.244 bits per heavy atom. The van der Waals surface area contributed by atoms with Crippen LogP contribution in [0.2, 0.25) is 0 Å². The van der Waals surface area contributed by atoms with Crippen LogP contribution in [0.4, 0.5) is 34.1 Å². The number of nitrogens with zero attached hydrogens (tertiary/aromatic N) is 2. The minimum Gasteiger partial charge on any atom is -0.455 e. The highest BCUT2D eigenvalue weighted by Crippen LogP contribution is 2.53. The van der Waals surface area contributed by atoms with Crippen molar-refractivity contribution in [2.24, 2.45) is 0 Å². The van der Waals surface area contributed by atoms with Crippen molar-refractivity contribution in [3.05, 3.63) is 302 Å². The van der Waals surface area contributed by atoms with Gasteiger partial charge >= 0.3 is 0 Å². The Kier molecular flexibility index (Phi) is 10.9. The van der Waals surface area contributed by atoms with E-state index in [0.29, 0.717) is 0 Å². The zero-order valence-corrected chi connectivity index (χ0v) is 45.5. The average Bonchev–Trinajstić information content (AvgIpc) is 3.32. The van der Waals surface area contributed by atoms with E-state index in [1.807, 2.05) is 6.07 Å². The summed E-state index contributed by atoms with van der Waals surface area (Å²) in [5.41, 5.74) is 20.3. The molecule has 14 aromatic carbocycles. The van der Waals surface area contributed by atoms with Crippen LogP contribution in [0.25, 0.3) is 110 Å². The fourth-order valence-electron chi connectivity index (χ4n) is 13.5. The van der Waals surface area contributed by atoms with Crippen LogP contribution >= 0.6 is 0 Å². The second kappa shape index (κ2) is 18.8. The molecular formula is C79H54N2O. The summed E-state index contributed by atoms with van der Waals surface area (Å²) in [6.07, 6.45) is 0. The van der Waals surface area contributed by atoms with Gasteiger partial charge in [-0.1, -0.05) is 220 Å². The monoisotopic (exact) mass is 1050 g/mol. The molecule has 0 bridgehead atoms. The summed E-state index contributed by atoms with van der Waals surface area (Å²) in [5.74, 6) is 0. The fraction of sp³-hybridized carbons (Fsp3) is 0.0380. The van der Waals surface area contributed by atoms with Gasteiger partial charge in [-0.15, -0.1) is 0 Å². The van der Waals surface area contributed by atoms with Crippen molar-refractivity contribution in [2.75, 3.05) is 9.80 Å². The van der Waals surface area contributed by atoms with Crippen LogP contribution in [-0.4, -0.2) is 0 Å². The number of anilines is 6. The van der Waals surface area contributed by atoms with E-state index in [9.17, 15) is 0 Å². The third-order valence-electron chi connectivity index (χ3n) is 17.4. The number of hydrogen-bond donors (Lipinski definition) is 0. The van der Waals surface area contributed by atoms with E-state index in [2.05, 4.69) is 309 Å². The number of para-hydroxylation sites is 4. The minimum atomic E-state index is -0.288. The maximum atomic E-state index is 6.57. The van der Waals surface area contributed by atoms with Crippen LogP contribution in [0, 0.1) is 0 Å². The molecule has 3 nitrogen and oxygen atoms in total. The first kappa shape index (κ1) is 47.5. The van der Waals surface area contributed by atoms with Gasteiger partial charge in [-0.05, 0) is 178 Å². The standard InChI is InChI=1S/C79H54N2O/c1-79(2)75-49-58(80(54-18-5-3-6-19-54)55-20-7-4-8-21-55)41-44-69(75)70-45-42-59(50-76(70)79)81(56-37-32-51(33-38-56)53-36-43-68-65-26-12-11-24-63(65)64-25-13-14-27-66(64)74(68)48-53)57-39-34-52(35-40-57)60-46-47-67(62-23-10-9-22-61(60)62)72-29-17-30-73-71-28-15-16-31-77(71)82-78(72)73/h3-50H,1-2H3. The van der Waals surface area contributed by atoms with Gasteiger partial charge in [-0.3, -0.25) is 0 Å². The van der Waals surface area contributed by atoms with Gasteiger partial charge in [0.2, 0.25) is 0 Å². The van der Waals surface area contributed by atoms with Crippen molar-refractivity contribution >= 4 is 99.2 Å². The lowest BCUT2D eigenvalue weighted by Gasteiger charge is -2.29. The minimum absolute atomic E-state index is 0.288. The summed E-state index contributed by atoms with van der Waals surface area (Å²) in [7, 11) is 0. The first-order valence-corrected chi connectivity index (χ1v) is 28.4. The highest BCUT2D eigenvalue weighted by atomic mass is 16.3. The van der Waals surface area contributed by atoms with Crippen LogP contribution in [0.15, 0.2) is 296 Å². The van der Waals surface area contributed by atoms with Gasteiger partial charge in [0.25, 0.3) is 0 Å². The van der Waals surface area contributed by atoms with Crippen LogP contribution in [-0.2, 0) is 5.41 Å². The lowest BCUT2D eigenvalue weighted by Crippen LogP contribution is -2.17. The van der Waals surface area contributed by atoms with Crippen LogP contribution in [0.5, 0.6) is 0 Å². The number of furan rings is 1. The van der Waals surface area contributed by atoms with Crippen molar-refractivity contribution in [3.8, 4) is 44.5 Å². The first-order valence-electron chi connectivity index (χ1n) is 28.4. The molecule has 1 aliphatic rings. The molecule has 16 rings (SSSR count). The number of hydrogen-bond acceptors (Lipinski definition) is 3.